The van der Waals surface area contributed by atoms with Crippen LogP contribution in [0.3, 0.4) is 0 Å². The largest absolute Gasteiger partial charge is 0.416 e. The molecule has 8 heteroatoms. The lowest BCUT2D eigenvalue weighted by molar-refractivity contribution is -0.137. The number of carbonyl (C=O) groups excluding carboxylic acids is 2. The number of hydrogen-bond acceptors (Lipinski definition) is 4. The molecule has 0 N–H and O–H groups in total. The van der Waals surface area contributed by atoms with Crippen molar-refractivity contribution in [3.8, 4) is 0 Å². The van der Waals surface area contributed by atoms with Gasteiger partial charge in [0.05, 0.1) is 23.5 Å². The summed E-state index contributed by atoms with van der Waals surface area (Å²) in [4.78, 5) is 30.1. The SMILES string of the molecule is Cc1ccc2c(c1)C(=O)C(=O)N2CN1CCN(c2cccc(C(F)(F)F)c2)CC1. The fourth-order valence-electron chi connectivity index (χ4n) is 3.78. The van der Waals surface area contributed by atoms with Gasteiger partial charge in [-0.2, -0.15) is 13.2 Å². The van der Waals surface area contributed by atoms with E-state index >= 15 is 0 Å². The standard InChI is InChI=1S/C21H20F3N3O2/c1-14-5-6-18-17(11-14)19(28)20(29)27(18)13-25-7-9-26(10-8-25)16-4-2-3-15(12-16)21(22,23)24/h2-6,11-12H,7-10,13H2,1H3. The smallest absolute Gasteiger partial charge is 0.369 e. The van der Waals surface area contributed by atoms with Gasteiger partial charge in [-0.3, -0.25) is 19.4 Å². The monoisotopic (exact) mass is 403 g/mol. The molecule has 0 radical (unpaired) electrons. The molecule has 0 spiro atoms. The molecule has 2 aliphatic rings. The molecule has 1 fully saturated rings. The minimum Gasteiger partial charge on any atom is -0.369 e. The Bertz CT molecular complexity index is 966. The van der Waals surface area contributed by atoms with E-state index < -0.39 is 23.4 Å². The van der Waals surface area contributed by atoms with Gasteiger partial charge in [0.1, 0.15) is 0 Å². The summed E-state index contributed by atoms with van der Waals surface area (Å²) in [7, 11) is 0. The van der Waals surface area contributed by atoms with E-state index in [0.29, 0.717) is 43.1 Å². The average molecular weight is 403 g/mol. The second-order valence-electron chi connectivity index (χ2n) is 7.38. The third-order valence-electron chi connectivity index (χ3n) is 5.38. The molecule has 5 nitrogen and oxygen atoms in total. The van der Waals surface area contributed by atoms with E-state index in [4.69, 9.17) is 0 Å². The molecule has 0 unspecified atom stereocenters. The fourth-order valence-corrected chi connectivity index (χ4v) is 3.78. The number of halogens is 3. The Morgan fingerprint density at radius 1 is 0.966 bits per heavy atom. The number of alkyl halides is 3. The molecule has 0 bridgehead atoms. The number of ketones is 1. The molecule has 0 aromatic heterocycles. The Kier molecular flexibility index (Phi) is 4.82. The van der Waals surface area contributed by atoms with Crippen LogP contribution >= 0.6 is 0 Å². The number of fused-ring (bicyclic) bond motifs is 1. The van der Waals surface area contributed by atoms with Gasteiger partial charge in [0, 0.05) is 31.9 Å². The average Bonchev–Trinajstić information content (AvgIpc) is 2.92. The number of carbonyl (C=O) groups is 2. The van der Waals surface area contributed by atoms with Crippen LogP contribution in [0.5, 0.6) is 0 Å². The molecular formula is C21H20F3N3O2. The van der Waals surface area contributed by atoms with Crippen molar-refractivity contribution in [1.82, 2.24) is 4.90 Å². The van der Waals surface area contributed by atoms with Crippen LogP contribution in [0.2, 0.25) is 0 Å². The zero-order valence-corrected chi connectivity index (χ0v) is 15.9. The third kappa shape index (κ3) is 3.72. The van der Waals surface area contributed by atoms with Crippen LogP contribution in [0.4, 0.5) is 24.5 Å². The van der Waals surface area contributed by atoms with E-state index in [-0.39, 0.29) is 6.67 Å². The predicted octanol–water partition coefficient (Wildman–Crippen LogP) is 3.32. The summed E-state index contributed by atoms with van der Waals surface area (Å²) in [6, 6.07) is 10.7. The van der Waals surface area contributed by atoms with Crippen LogP contribution in [-0.2, 0) is 11.0 Å². The van der Waals surface area contributed by atoms with Gasteiger partial charge in [0.25, 0.3) is 5.78 Å². The van der Waals surface area contributed by atoms with Crippen molar-refractivity contribution < 1.29 is 22.8 Å². The fraction of sp³-hybridized carbons (Fsp3) is 0.333. The first-order valence-corrected chi connectivity index (χ1v) is 9.35. The molecule has 152 valence electrons. The molecule has 0 saturated carbocycles. The molecule has 0 atom stereocenters. The molecular weight excluding hydrogens is 383 g/mol. The van der Waals surface area contributed by atoms with Gasteiger partial charge in [0.15, 0.2) is 0 Å². The topological polar surface area (TPSA) is 43.9 Å². The van der Waals surface area contributed by atoms with Gasteiger partial charge >= 0.3 is 12.1 Å². The highest BCUT2D eigenvalue weighted by Gasteiger charge is 2.37. The Morgan fingerprint density at radius 2 is 1.69 bits per heavy atom. The number of aryl methyl sites for hydroxylation is 1. The number of benzene rings is 2. The van der Waals surface area contributed by atoms with Crippen LogP contribution in [0, 0.1) is 6.92 Å². The Morgan fingerprint density at radius 3 is 2.38 bits per heavy atom. The lowest BCUT2D eigenvalue weighted by Crippen LogP contribution is -2.51. The molecule has 1 saturated heterocycles. The maximum atomic E-state index is 12.9. The summed E-state index contributed by atoms with van der Waals surface area (Å²) >= 11 is 0. The van der Waals surface area contributed by atoms with Gasteiger partial charge in [-0.1, -0.05) is 17.7 Å². The molecule has 29 heavy (non-hydrogen) atoms. The first-order chi connectivity index (χ1) is 13.7. The Labute approximate surface area is 166 Å². The molecule has 2 heterocycles. The summed E-state index contributed by atoms with van der Waals surface area (Å²) < 4.78 is 38.8. The lowest BCUT2D eigenvalue weighted by Gasteiger charge is -2.37. The normalized spacial score (nSPS) is 17.8. The number of nitrogens with zero attached hydrogens (tertiary/aromatic N) is 3. The van der Waals surface area contributed by atoms with Crippen molar-refractivity contribution in [2.75, 3.05) is 42.6 Å². The predicted molar refractivity (Wildman–Crippen MR) is 103 cm³/mol. The summed E-state index contributed by atoms with van der Waals surface area (Å²) in [5, 5.41) is 0. The van der Waals surface area contributed by atoms with Crippen LogP contribution in [-0.4, -0.2) is 49.4 Å². The van der Waals surface area contributed by atoms with Crippen molar-refractivity contribution in [2.45, 2.75) is 13.1 Å². The molecule has 0 aliphatic carbocycles. The second kappa shape index (κ2) is 7.18. The number of anilines is 2. The van der Waals surface area contributed by atoms with Crippen molar-refractivity contribution in [2.24, 2.45) is 0 Å². The highest BCUT2D eigenvalue weighted by atomic mass is 19.4. The van der Waals surface area contributed by atoms with E-state index in [1.807, 2.05) is 22.8 Å². The molecule has 2 aromatic rings. The summed E-state index contributed by atoms with van der Waals surface area (Å²) in [6.45, 7) is 4.39. The number of hydrogen-bond donors (Lipinski definition) is 0. The van der Waals surface area contributed by atoms with E-state index in [0.717, 1.165) is 17.7 Å². The lowest BCUT2D eigenvalue weighted by atomic mass is 10.1. The Balaban J connectivity index is 1.43. The summed E-state index contributed by atoms with van der Waals surface area (Å²) in [5.41, 5.74) is 1.84. The summed E-state index contributed by atoms with van der Waals surface area (Å²) in [6.07, 6.45) is -4.37. The number of amides is 1. The van der Waals surface area contributed by atoms with Gasteiger partial charge in [0.2, 0.25) is 0 Å². The quantitative estimate of drug-likeness (QED) is 0.738. The summed E-state index contributed by atoms with van der Waals surface area (Å²) in [5.74, 6) is -1.03. The zero-order valence-electron chi connectivity index (χ0n) is 15.9. The van der Waals surface area contributed by atoms with E-state index in [9.17, 15) is 22.8 Å². The highest BCUT2D eigenvalue weighted by Crippen LogP contribution is 2.32. The van der Waals surface area contributed by atoms with Crippen LogP contribution in [0.15, 0.2) is 42.5 Å². The van der Waals surface area contributed by atoms with Crippen LogP contribution in [0.25, 0.3) is 0 Å². The van der Waals surface area contributed by atoms with Crippen molar-refractivity contribution in [3.63, 3.8) is 0 Å². The van der Waals surface area contributed by atoms with E-state index in [1.165, 1.54) is 11.0 Å². The van der Waals surface area contributed by atoms with Gasteiger partial charge < -0.3 is 4.90 Å². The molecule has 2 aliphatic heterocycles. The van der Waals surface area contributed by atoms with E-state index in [1.54, 1.807) is 18.2 Å². The molecule has 4 rings (SSSR count). The van der Waals surface area contributed by atoms with Gasteiger partial charge in [-0.05, 0) is 37.3 Å². The second-order valence-corrected chi connectivity index (χ2v) is 7.38. The molecule has 1 amide bonds. The zero-order chi connectivity index (χ0) is 20.8. The first kappa shape index (κ1) is 19.4. The maximum Gasteiger partial charge on any atom is 0.416 e. The van der Waals surface area contributed by atoms with Crippen LogP contribution in [0.1, 0.15) is 21.5 Å². The number of piperazine rings is 1. The maximum absolute atomic E-state index is 12.9. The van der Waals surface area contributed by atoms with Crippen molar-refractivity contribution in [3.05, 3.63) is 59.2 Å². The minimum absolute atomic E-state index is 0.289. The van der Waals surface area contributed by atoms with Crippen molar-refractivity contribution in [1.29, 1.82) is 0 Å². The number of rotatable bonds is 3. The van der Waals surface area contributed by atoms with Gasteiger partial charge in [-0.25, -0.2) is 0 Å². The third-order valence-corrected chi connectivity index (χ3v) is 5.38. The Hall–Kier alpha value is -2.87. The van der Waals surface area contributed by atoms with Crippen molar-refractivity contribution >= 4 is 23.1 Å². The molecule has 2 aromatic carbocycles. The minimum atomic E-state index is -4.37. The number of Topliss-reactive ketones (excluding diaryl/α,β-unsaturated/α-hetero) is 1. The van der Waals surface area contributed by atoms with E-state index in [2.05, 4.69) is 0 Å². The van der Waals surface area contributed by atoms with Crippen LogP contribution < -0.4 is 9.80 Å². The highest BCUT2D eigenvalue weighted by molar-refractivity contribution is 6.52. The van der Waals surface area contributed by atoms with Gasteiger partial charge in [-0.15, -0.1) is 0 Å². The first-order valence-electron chi connectivity index (χ1n) is 9.35.